The molecule has 0 radical (unpaired) electrons. The zero-order chi connectivity index (χ0) is 34.0. The number of ketones is 1. The lowest BCUT2D eigenvalue weighted by Crippen LogP contribution is -2.53. The molecule has 3 atom stereocenters. The summed E-state index contributed by atoms with van der Waals surface area (Å²) in [6.07, 6.45) is -4.41. The Hall–Kier alpha value is -5.18. The van der Waals surface area contributed by atoms with Crippen LogP contribution in [0.25, 0.3) is 0 Å². The lowest BCUT2D eigenvalue weighted by atomic mass is 9.84. The van der Waals surface area contributed by atoms with Crippen molar-refractivity contribution in [2.45, 2.75) is 50.0 Å². The van der Waals surface area contributed by atoms with Crippen molar-refractivity contribution in [3.8, 4) is 0 Å². The minimum atomic E-state index is -5.08. The number of amides is 2. The van der Waals surface area contributed by atoms with Crippen LogP contribution in [0.3, 0.4) is 0 Å². The van der Waals surface area contributed by atoms with Crippen LogP contribution in [0.4, 0.5) is 18.0 Å². The van der Waals surface area contributed by atoms with E-state index in [-0.39, 0.29) is 17.4 Å². The summed E-state index contributed by atoms with van der Waals surface area (Å²) >= 11 is 0. The summed E-state index contributed by atoms with van der Waals surface area (Å²) in [5.41, 5.74) is 7.61. The van der Waals surface area contributed by atoms with Crippen molar-refractivity contribution in [2.75, 3.05) is 13.7 Å². The van der Waals surface area contributed by atoms with Gasteiger partial charge >= 0.3 is 18.2 Å². The molecule has 0 spiro atoms. The van der Waals surface area contributed by atoms with Crippen molar-refractivity contribution in [2.24, 2.45) is 5.73 Å². The van der Waals surface area contributed by atoms with Gasteiger partial charge in [-0.3, -0.25) is 15.0 Å². The van der Waals surface area contributed by atoms with E-state index in [1.165, 1.54) is 13.2 Å². The molecule has 1 aromatic heterocycles. The molecule has 1 fully saturated rings. The molecule has 7 N–H and O–H groups in total. The highest BCUT2D eigenvalue weighted by atomic mass is 19.4. The van der Waals surface area contributed by atoms with Gasteiger partial charge in [0.2, 0.25) is 5.91 Å². The second-order valence-electron chi connectivity index (χ2n) is 10.2. The normalized spacial score (nSPS) is 15.6. The lowest BCUT2D eigenvalue weighted by molar-refractivity contribution is -0.192. The number of methoxy groups -OCH3 is 1. The third kappa shape index (κ3) is 9.17. The first kappa shape index (κ1) is 35.3. The number of ether oxygens (including phenoxy) is 1. The number of aryl methyl sites for hydroxylation is 1. The minimum Gasteiger partial charge on any atom is -0.475 e. The molecule has 2 heterocycles. The molecule has 46 heavy (non-hydrogen) atoms. The van der Waals surface area contributed by atoms with Crippen LogP contribution in [0, 0.1) is 12.3 Å². The summed E-state index contributed by atoms with van der Waals surface area (Å²) in [5.74, 6) is -4.01. The molecule has 1 saturated heterocycles. The quantitative estimate of drug-likeness (QED) is 0.141. The topological polar surface area (TPSA) is 197 Å². The van der Waals surface area contributed by atoms with Crippen LogP contribution in [0.15, 0.2) is 71.1 Å². The minimum absolute atomic E-state index is 0.101. The maximum absolute atomic E-state index is 14.1. The van der Waals surface area contributed by atoms with Gasteiger partial charge in [0.15, 0.2) is 17.4 Å². The highest BCUT2D eigenvalue weighted by Gasteiger charge is 2.39. The van der Waals surface area contributed by atoms with Crippen molar-refractivity contribution in [3.63, 3.8) is 0 Å². The number of hydrogen-bond acceptors (Lipinski definition) is 8. The predicted molar refractivity (Wildman–Crippen MR) is 159 cm³/mol. The third-order valence-electron chi connectivity index (χ3n) is 7.14. The van der Waals surface area contributed by atoms with Gasteiger partial charge < -0.3 is 35.9 Å². The summed E-state index contributed by atoms with van der Waals surface area (Å²) in [4.78, 5) is 49.2. The molecule has 1 aliphatic rings. The van der Waals surface area contributed by atoms with Crippen molar-refractivity contribution in [3.05, 3.63) is 94.9 Å². The van der Waals surface area contributed by atoms with Crippen molar-refractivity contribution >= 4 is 29.6 Å². The van der Waals surface area contributed by atoms with E-state index in [9.17, 15) is 27.6 Å². The molecule has 246 valence electrons. The van der Waals surface area contributed by atoms with E-state index in [4.69, 9.17) is 30.2 Å². The molecular weight excluding hydrogens is 611 g/mol. The molecule has 0 bridgehead atoms. The molecule has 0 aliphatic carbocycles. The molecule has 12 nitrogen and oxygen atoms in total. The number of carboxylic acids is 1. The molecule has 0 saturated carbocycles. The highest BCUT2D eigenvalue weighted by Crippen LogP contribution is 2.31. The SMILES string of the molecule is COC(=O)N[C@@H](C(=O)NC(C(=O)[C@@H]1CCCN1)c1cc(C(=N)N)oc1C)C(c1ccccc1)c1ccccc1.O=C(O)C(F)(F)F. The molecule has 3 aromatic rings. The van der Waals surface area contributed by atoms with Gasteiger partial charge in [-0.2, -0.15) is 13.2 Å². The van der Waals surface area contributed by atoms with Gasteiger partial charge in [-0.05, 0) is 43.5 Å². The van der Waals surface area contributed by atoms with Crippen molar-refractivity contribution in [1.82, 2.24) is 16.0 Å². The molecule has 15 heteroatoms. The van der Waals surface area contributed by atoms with E-state index >= 15 is 0 Å². The summed E-state index contributed by atoms with van der Waals surface area (Å²) in [6, 6.07) is 17.5. The maximum Gasteiger partial charge on any atom is 0.490 e. The average Bonchev–Trinajstić information content (AvgIpc) is 3.70. The monoisotopic (exact) mass is 645 g/mol. The highest BCUT2D eigenvalue weighted by molar-refractivity contribution is 5.97. The summed E-state index contributed by atoms with van der Waals surface area (Å²) < 4.78 is 42.2. The number of furan rings is 1. The van der Waals surface area contributed by atoms with Crippen LogP contribution in [-0.4, -0.2) is 66.6 Å². The number of alkyl halides is 3. The first-order valence-corrected chi connectivity index (χ1v) is 14.0. The van der Waals surface area contributed by atoms with Gasteiger partial charge in [-0.25, -0.2) is 9.59 Å². The second kappa shape index (κ2) is 15.7. The number of carboxylic acid groups (broad SMARTS) is 1. The van der Waals surface area contributed by atoms with Crippen molar-refractivity contribution < 1.29 is 46.6 Å². The second-order valence-corrected chi connectivity index (χ2v) is 10.2. The number of rotatable bonds is 10. The number of alkyl carbamates (subject to hydrolysis) is 1. The average molecular weight is 646 g/mol. The largest absolute Gasteiger partial charge is 0.490 e. The Morgan fingerprint density at radius 3 is 2.00 bits per heavy atom. The molecule has 4 rings (SSSR count). The van der Waals surface area contributed by atoms with Gasteiger partial charge in [0, 0.05) is 11.5 Å². The van der Waals surface area contributed by atoms with E-state index in [2.05, 4.69) is 16.0 Å². The Kier molecular flexibility index (Phi) is 12.0. The Bertz CT molecular complexity index is 1480. The smallest absolute Gasteiger partial charge is 0.475 e. The van der Waals surface area contributed by atoms with Crippen LogP contribution in [0.2, 0.25) is 0 Å². The first-order chi connectivity index (χ1) is 21.7. The maximum atomic E-state index is 14.1. The molecule has 1 unspecified atom stereocenters. The van der Waals surface area contributed by atoms with Crippen LogP contribution in [-0.2, 0) is 19.1 Å². The first-order valence-electron chi connectivity index (χ1n) is 14.0. The van der Waals surface area contributed by atoms with Gasteiger partial charge in [0.25, 0.3) is 0 Å². The van der Waals surface area contributed by atoms with E-state index in [1.54, 1.807) is 6.92 Å². The lowest BCUT2D eigenvalue weighted by Gasteiger charge is -2.30. The number of aliphatic carboxylic acids is 1. The van der Waals surface area contributed by atoms with Gasteiger partial charge in [-0.15, -0.1) is 0 Å². The number of hydrogen-bond donors (Lipinski definition) is 6. The van der Waals surface area contributed by atoms with E-state index in [1.807, 2.05) is 60.7 Å². The fourth-order valence-electron chi connectivity index (χ4n) is 4.96. The molecule has 2 aromatic carbocycles. The van der Waals surface area contributed by atoms with Crippen LogP contribution >= 0.6 is 0 Å². The fourth-order valence-corrected chi connectivity index (χ4v) is 4.96. The Morgan fingerprint density at radius 2 is 1.59 bits per heavy atom. The number of carbonyl (C=O) groups is 4. The fraction of sp³-hybridized carbons (Fsp3) is 0.323. The Balaban J connectivity index is 0.000000738. The predicted octanol–water partition coefficient (Wildman–Crippen LogP) is 3.54. The van der Waals surface area contributed by atoms with Crippen LogP contribution in [0.5, 0.6) is 0 Å². The van der Waals surface area contributed by atoms with Gasteiger partial charge in [0.1, 0.15) is 17.8 Å². The number of benzene rings is 2. The zero-order valence-electron chi connectivity index (χ0n) is 24.9. The van der Waals surface area contributed by atoms with E-state index < -0.39 is 48.2 Å². The van der Waals surface area contributed by atoms with Crippen molar-refractivity contribution in [1.29, 1.82) is 5.41 Å². The van der Waals surface area contributed by atoms with E-state index in [0.29, 0.717) is 24.3 Å². The number of carbonyl (C=O) groups excluding carboxylic acids is 3. The number of nitrogens with two attached hydrogens (primary N) is 1. The molecule has 1 aliphatic heterocycles. The molecular formula is C31H34F3N5O7. The number of nitrogen functional groups attached to an aromatic ring is 1. The number of amidine groups is 1. The summed E-state index contributed by atoms with van der Waals surface area (Å²) in [5, 5.41) is 23.6. The number of halogens is 3. The zero-order valence-corrected chi connectivity index (χ0v) is 24.9. The summed E-state index contributed by atoms with van der Waals surface area (Å²) in [7, 11) is 1.22. The van der Waals surface area contributed by atoms with Crippen LogP contribution in [0.1, 0.15) is 53.0 Å². The third-order valence-corrected chi connectivity index (χ3v) is 7.14. The van der Waals surface area contributed by atoms with Gasteiger partial charge in [0.05, 0.1) is 13.2 Å². The number of nitrogens with one attached hydrogen (secondary N) is 4. The van der Waals surface area contributed by atoms with Crippen LogP contribution < -0.4 is 21.7 Å². The Morgan fingerprint density at radius 1 is 1.04 bits per heavy atom. The van der Waals surface area contributed by atoms with E-state index in [0.717, 1.165) is 17.5 Å². The standard InChI is InChI=1S/C29H33N5O5.C2HF3O2/c1-17-20(16-22(39-17)27(30)31)24(26(35)21-14-9-15-32-21)33-28(36)25(34-29(37)38-2)23(18-10-5-3-6-11-18)19-12-7-4-8-13-19;3-2(4,5)1(6)7/h3-8,10-13,16,21,23-25,32H,9,14-15H2,1-2H3,(H3,30,31)(H,33,36)(H,34,37);(H,6,7)/t21-,24?,25+;/m0./s1. The number of Topliss-reactive ketones (excluding diaryl/α,β-unsaturated/α-hetero) is 1. The van der Waals surface area contributed by atoms with Gasteiger partial charge in [-0.1, -0.05) is 60.7 Å². The summed E-state index contributed by atoms with van der Waals surface area (Å²) in [6.45, 7) is 2.34. The Labute approximate surface area is 262 Å². The molecule has 2 amide bonds.